The smallest absolute Gasteiger partial charge is 0.138 e. The predicted molar refractivity (Wildman–Crippen MR) is 80.0 cm³/mol. The molecule has 0 aliphatic carbocycles. The van der Waals surface area contributed by atoms with E-state index in [1.165, 1.54) is 0 Å². The molecule has 0 aliphatic rings. The molecule has 0 spiro atoms. The lowest BCUT2D eigenvalue weighted by molar-refractivity contribution is 1.28. The van der Waals surface area contributed by atoms with Gasteiger partial charge in [0.25, 0.3) is 0 Å². The lowest BCUT2D eigenvalue weighted by Crippen LogP contribution is -2.01. The molecule has 0 saturated heterocycles. The molecule has 20 heavy (non-hydrogen) atoms. The summed E-state index contributed by atoms with van der Waals surface area (Å²) in [5.41, 5.74) is 4.29. The molecule has 0 saturated carbocycles. The van der Waals surface area contributed by atoms with Crippen LogP contribution in [0.15, 0.2) is 49.1 Å². The molecule has 4 nitrogen and oxygen atoms in total. The van der Waals surface area contributed by atoms with Gasteiger partial charge >= 0.3 is 0 Å². The van der Waals surface area contributed by atoms with E-state index < -0.39 is 0 Å². The van der Waals surface area contributed by atoms with Crippen molar-refractivity contribution in [2.45, 2.75) is 0 Å². The van der Waals surface area contributed by atoms with E-state index in [1.807, 2.05) is 30.5 Å². The number of fused-ring (bicyclic) bond motifs is 3. The van der Waals surface area contributed by atoms with Gasteiger partial charge in [0.15, 0.2) is 0 Å². The second-order valence-electron chi connectivity index (χ2n) is 4.65. The minimum absolute atomic E-state index is 0.651. The first-order valence-corrected chi connectivity index (χ1v) is 6.24. The summed E-state index contributed by atoms with van der Waals surface area (Å²) < 4.78 is 0. The Hall–Kier alpha value is -2.69. The van der Waals surface area contributed by atoms with Crippen LogP contribution in [-0.2, 0) is 0 Å². The monoisotopic (exact) mass is 256 g/mol. The number of aromatic amines is 1. The van der Waals surface area contributed by atoms with Gasteiger partial charge in [-0.2, -0.15) is 0 Å². The molecule has 0 fully saturated rings. The van der Waals surface area contributed by atoms with Crippen LogP contribution in [0.1, 0.15) is 0 Å². The maximum Gasteiger partial charge on any atom is 0.138 e. The maximum absolute atomic E-state index is 5.82. The summed E-state index contributed by atoms with van der Waals surface area (Å²) in [5.74, 6) is 0. The Bertz CT molecular complexity index is 915. The average Bonchev–Trinajstić information content (AvgIpc) is 2.85. The molecule has 0 amide bonds. The number of H-pyrrole nitrogens is 1. The third kappa shape index (κ3) is 1.67. The molecule has 4 aromatic rings. The Morgan fingerprint density at radius 1 is 1.00 bits per heavy atom. The van der Waals surface area contributed by atoms with Crippen molar-refractivity contribution in [2.75, 3.05) is 0 Å². The summed E-state index contributed by atoms with van der Waals surface area (Å²) in [4.78, 5) is 16.1. The van der Waals surface area contributed by atoms with E-state index in [-0.39, 0.29) is 0 Å². The summed E-state index contributed by atoms with van der Waals surface area (Å²) in [6.45, 7) is 0. The summed E-state index contributed by atoms with van der Waals surface area (Å²) in [6.07, 6.45) is 7.01. The lowest BCUT2D eigenvalue weighted by Gasteiger charge is -2.00. The normalized spacial score (nSPS) is 11.2. The van der Waals surface area contributed by atoms with Crippen molar-refractivity contribution in [3.63, 3.8) is 0 Å². The van der Waals surface area contributed by atoms with Crippen molar-refractivity contribution in [3.05, 3.63) is 49.1 Å². The Morgan fingerprint density at radius 2 is 1.95 bits per heavy atom. The van der Waals surface area contributed by atoms with Gasteiger partial charge in [-0.05, 0) is 18.2 Å². The maximum atomic E-state index is 5.82. The predicted octanol–water partition coefficient (Wildman–Crippen LogP) is 1.97. The standard InChI is InChI=1S/C15H9BN4/c16-10-4-12-11-5-13(9-2-1-3-17-6-9)18-8-14(11)20-15(12)19-7-10/h1-8H,(H,19,20). The molecular weight excluding hydrogens is 247 g/mol. The number of hydrogen-bond donors (Lipinski definition) is 1. The van der Waals surface area contributed by atoms with Gasteiger partial charge in [0.2, 0.25) is 0 Å². The molecule has 4 heterocycles. The second kappa shape index (κ2) is 4.16. The molecule has 4 rings (SSSR count). The Kier molecular flexibility index (Phi) is 2.33. The van der Waals surface area contributed by atoms with Gasteiger partial charge in [0.05, 0.1) is 17.4 Å². The van der Waals surface area contributed by atoms with Crippen molar-refractivity contribution in [3.8, 4) is 11.3 Å². The summed E-state index contributed by atoms with van der Waals surface area (Å²) in [7, 11) is 5.82. The highest BCUT2D eigenvalue weighted by Gasteiger charge is 2.08. The van der Waals surface area contributed by atoms with Crippen molar-refractivity contribution < 1.29 is 0 Å². The van der Waals surface area contributed by atoms with E-state index in [4.69, 9.17) is 7.85 Å². The molecule has 0 aromatic carbocycles. The first kappa shape index (κ1) is 11.2. The number of nitrogens with zero attached hydrogens (tertiary/aromatic N) is 3. The zero-order chi connectivity index (χ0) is 13.5. The highest BCUT2D eigenvalue weighted by Crippen LogP contribution is 2.26. The largest absolute Gasteiger partial charge is 0.338 e. The number of nitrogens with one attached hydrogen (secondary N) is 1. The van der Waals surface area contributed by atoms with Crippen LogP contribution >= 0.6 is 0 Å². The number of rotatable bonds is 1. The molecule has 4 aromatic heterocycles. The number of aromatic nitrogens is 4. The van der Waals surface area contributed by atoms with E-state index in [0.29, 0.717) is 5.46 Å². The lowest BCUT2D eigenvalue weighted by atomic mass is 9.97. The van der Waals surface area contributed by atoms with E-state index in [2.05, 4.69) is 19.9 Å². The molecule has 0 aliphatic heterocycles. The van der Waals surface area contributed by atoms with Gasteiger partial charge in [-0.1, -0.05) is 11.5 Å². The summed E-state index contributed by atoms with van der Waals surface area (Å²) >= 11 is 0. The highest BCUT2D eigenvalue weighted by atomic mass is 14.9. The van der Waals surface area contributed by atoms with E-state index in [9.17, 15) is 0 Å². The minimum Gasteiger partial charge on any atom is -0.338 e. The molecule has 0 bridgehead atoms. The Balaban J connectivity index is 2.03. The highest BCUT2D eigenvalue weighted by molar-refractivity contribution is 6.33. The number of pyridine rings is 3. The fraction of sp³-hybridized carbons (Fsp3) is 0. The van der Waals surface area contributed by atoms with Crippen molar-refractivity contribution >= 4 is 35.2 Å². The number of hydrogen-bond acceptors (Lipinski definition) is 3. The second-order valence-corrected chi connectivity index (χ2v) is 4.65. The first-order chi connectivity index (χ1) is 9.81. The molecule has 2 radical (unpaired) electrons. The quantitative estimate of drug-likeness (QED) is 0.530. The minimum atomic E-state index is 0.651. The van der Waals surface area contributed by atoms with Gasteiger partial charge in [-0.25, -0.2) is 4.98 Å². The fourth-order valence-electron chi connectivity index (χ4n) is 2.36. The van der Waals surface area contributed by atoms with E-state index in [1.54, 1.807) is 18.6 Å². The van der Waals surface area contributed by atoms with Crippen molar-refractivity contribution in [1.29, 1.82) is 0 Å². The molecule has 0 unspecified atom stereocenters. The van der Waals surface area contributed by atoms with E-state index >= 15 is 0 Å². The summed E-state index contributed by atoms with van der Waals surface area (Å²) in [5, 5.41) is 2.07. The van der Waals surface area contributed by atoms with Crippen molar-refractivity contribution in [1.82, 2.24) is 19.9 Å². The molecule has 5 heteroatoms. The van der Waals surface area contributed by atoms with Crippen LogP contribution in [0.2, 0.25) is 0 Å². The average molecular weight is 256 g/mol. The zero-order valence-electron chi connectivity index (χ0n) is 10.5. The molecule has 0 atom stereocenters. The SMILES string of the molecule is [B]c1cnc2[nH]c3cnc(-c4cccnc4)cc3c2c1. The first-order valence-electron chi connectivity index (χ1n) is 6.24. The van der Waals surface area contributed by atoms with Crippen LogP contribution in [0, 0.1) is 0 Å². The van der Waals surface area contributed by atoms with Gasteiger partial charge in [0.1, 0.15) is 13.5 Å². The Labute approximate surface area is 116 Å². The van der Waals surface area contributed by atoms with Crippen LogP contribution in [0.5, 0.6) is 0 Å². The van der Waals surface area contributed by atoms with Gasteiger partial charge < -0.3 is 4.98 Å². The van der Waals surface area contributed by atoms with Gasteiger partial charge in [-0.15, -0.1) is 0 Å². The summed E-state index contributed by atoms with van der Waals surface area (Å²) in [6, 6.07) is 7.85. The van der Waals surface area contributed by atoms with Crippen LogP contribution < -0.4 is 5.46 Å². The van der Waals surface area contributed by atoms with E-state index in [0.717, 1.165) is 33.2 Å². The van der Waals surface area contributed by atoms with Crippen LogP contribution in [0.25, 0.3) is 33.2 Å². The van der Waals surface area contributed by atoms with Crippen molar-refractivity contribution in [2.24, 2.45) is 0 Å². The molecular formula is C15H9BN4. The Morgan fingerprint density at radius 3 is 2.80 bits per heavy atom. The zero-order valence-corrected chi connectivity index (χ0v) is 10.5. The molecule has 92 valence electrons. The third-order valence-electron chi connectivity index (χ3n) is 3.31. The fourth-order valence-corrected chi connectivity index (χ4v) is 2.36. The van der Waals surface area contributed by atoms with Gasteiger partial charge in [0, 0.05) is 34.9 Å². The van der Waals surface area contributed by atoms with Crippen LogP contribution in [0.3, 0.4) is 0 Å². The molecule has 1 N–H and O–H groups in total. The van der Waals surface area contributed by atoms with Gasteiger partial charge in [-0.3, -0.25) is 9.97 Å². The third-order valence-corrected chi connectivity index (χ3v) is 3.31. The van der Waals surface area contributed by atoms with Crippen LogP contribution in [-0.4, -0.2) is 27.8 Å². The topological polar surface area (TPSA) is 54.5 Å². The van der Waals surface area contributed by atoms with Crippen LogP contribution in [0.4, 0.5) is 0 Å².